The van der Waals surface area contributed by atoms with Gasteiger partial charge in [-0.25, -0.2) is 9.07 Å². The van der Waals surface area contributed by atoms with E-state index in [2.05, 4.69) is 22.7 Å². The number of amides is 2. The summed E-state index contributed by atoms with van der Waals surface area (Å²) in [6.07, 6.45) is 4.20. The van der Waals surface area contributed by atoms with Crippen molar-refractivity contribution in [3.63, 3.8) is 0 Å². The average molecular weight is 402 g/mol. The molecule has 0 bridgehead atoms. The fraction of sp³-hybridized carbons (Fsp3) is 0.450. The Balaban J connectivity index is 1.54. The van der Waals surface area contributed by atoms with Gasteiger partial charge in [0.1, 0.15) is 11.6 Å². The lowest BCUT2D eigenvalue weighted by Crippen LogP contribution is -2.46. The van der Waals surface area contributed by atoms with Crippen LogP contribution in [0.15, 0.2) is 24.3 Å². The van der Waals surface area contributed by atoms with E-state index in [1.165, 1.54) is 18.6 Å². The fourth-order valence-corrected chi connectivity index (χ4v) is 4.87. The number of carbonyl (C=O) groups excluding carboxylic acids is 2. The smallest absolute Gasteiger partial charge is 0.314 e. The van der Waals surface area contributed by atoms with Crippen molar-refractivity contribution in [2.75, 3.05) is 5.32 Å². The van der Waals surface area contributed by atoms with E-state index in [4.69, 9.17) is 0 Å². The maximum absolute atomic E-state index is 13.3. The third-order valence-electron chi connectivity index (χ3n) is 5.49. The first-order chi connectivity index (χ1) is 13.5. The van der Waals surface area contributed by atoms with E-state index in [-0.39, 0.29) is 11.9 Å². The Kier molecular flexibility index (Phi) is 5.39. The zero-order valence-electron chi connectivity index (χ0n) is 15.7. The molecule has 1 aliphatic carbocycles. The molecule has 2 heterocycles. The topological polar surface area (TPSA) is 76.0 Å². The number of nitrogens with one attached hydrogen (secondary N) is 2. The number of nitrogens with zero attached hydrogens (tertiary/aromatic N) is 2. The summed E-state index contributed by atoms with van der Waals surface area (Å²) in [7, 11) is 0. The Morgan fingerprint density at radius 3 is 2.64 bits per heavy atom. The third kappa shape index (κ3) is 3.78. The maximum Gasteiger partial charge on any atom is 0.314 e. The van der Waals surface area contributed by atoms with Crippen molar-refractivity contribution in [2.24, 2.45) is 5.92 Å². The molecule has 4 rings (SSSR count). The molecule has 2 aromatic rings. The molecule has 0 unspecified atom stereocenters. The first-order valence-electron chi connectivity index (χ1n) is 9.59. The van der Waals surface area contributed by atoms with Crippen molar-refractivity contribution in [3.8, 4) is 5.69 Å². The number of carbonyl (C=O) groups is 2. The van der Waals surface area contributed by atoms with Crippen LogP contribution in [-0.2, 0) is 21.1 Å². The summed E-state index contributed by atoms with van der Waals surface area (Å²) in [5, 5.41) is 10.2. The van der Waals surface area contributed by atoms with Gasteiger partial charge < -0.3 is 10.6 Å². The van der Waals surface area contributed by atoms with Gasteiger partial charge in [0.2, 0.25) is 0 Å². The molecule has 6 nitrogen and oxygen atoms in total. The molecule has 1 aromatic carbocycles. The summed E-state index contributed by atoms with van der Waals surface area (Å²) >= 11 is 1.71. The average Bonchev–Trinajstić information content (AvgIpc) is 3.27. The van der Waals surface area contributed by atoms with Gasteiger partial charge >= 0.3 is 11.8 Å². The van der Waals surface area contributed by atoms with Crippen LogP contribution in [0.1, 0.15) is 43.9 Å². The van der Waals surface area contributed by atoms with Crippen molar-refractivity contribution >= 4 is 29.4 Å². The first kappa shape index (κ1) is 19.0. The Morgan fingerprint density at radius 1 is 1.14 bits per heavy atom. The van der Waals surface area contributed by atoms with Crippen molar-refractivity contribution < 1.29 is 14.0 Å². The number of anilines is 1. The molecule has 8 heteroatoms. The van der Waals surface area contributed by atoms with Crippen LogP contribution in [-0.4, -0.2) is 27.6 Å². The minimum atomic E-state index is -0.694. The highest BCUT2D eigenvalue weighted by Gasteiger charge is 2.29. The molecule has 2 amide bonds. The molecule has 0 radical (unpaired) electrons. The van der Waals surface area contributed by atoms with Gasteiger partial charge in [-0.05, 0) is 43.0 Å². The molecule has 28 heavy (non-hydrogen) atoms. The van der Waals surface area contributed by atoms with Crippen LogP contribution in [0, 0.1) is 11.7 Å². The number of fused-ring (bicyclic) bond motifs is 1. The van der Waals surface area contributed by atoms with Gasteiger partial charge in [0.15, 0.2) is 0 Å². The Bertz CT molecular complexity index is 896. The fourth-order valence-electron chi connectivity index (χ4n) is 3.84. The molecule has 2 aliphatic rings. The predicted molar refractivity (Wildman–Crippen MR) is 107 cm³/mol. The molecule has 1 aromatic heterocycles. The minimum absolute atomic E-state index is 0.0373. The van der Waals surface area contributed by atoms with Gasteiger partial charge in [-0.1, -0.05) is 19.8 Å². The van der Waals surface area contributed by atoms with E-state index in [0.717, 1.165) is 36.3 Å². The van der Waals surface area contributed by atoms with Crippen LogP contribution in [0.5, 0.6) is 0 Å². The Labute approximate surface area is 167 Å². The number of thioether (sulfide) groups is 1. The summed E-state index contributed by atoms with van der Waals surface area (Å²) in [6, 6.07) is 5.93. The second kappa shape index (κ2) is 7.95. The van der Waals surface area contributed by atoms with Gasteiger partial charge in [0, 0.05) is 23.1 Å². The van der Waals surface area contributed by atoms with Crippen molar-refractivity contribution in [3.05, 3.63) is 41.3 Å². The van der Waals surface area contributed by atoms with E-state index >= 15 is 0 Å². The third-order valence-corrected chi connectivity index (χ3v) is 6.46. The number of aromatic nitrogens is 2. The van der Waals surface area contributed by atoms with Gasteiger partial charge in [-0.15, -0.1) is 0 Å². The predicted octanol–water partition coefficient (Wildman–Crippen LogP) is 3.39. The van der Waals surface area contributed by atoms with Crippen LogP contribution in [0.25, 0.3) is 5.69 Å². The van der Waals surface area contributed by atoms with Crippen molar-refractivity contribution in [2.45, 2.75) is 50.2 Å². The summed E-state index contributed by atoms with van der Waals surface area (Å²) in [6.45, 7) is 2.11. The van der Waals surface area contributed by atoms with E-state index in [0.29, 0.717) is 23.2 Å². The lowest BCUT2D eigenvalue weighted by Gasteiger charge is -2.29. The van der Waals surface area contributed by atoms with E-state index in [1.807, 2.05) is 0 Å². The van der Waals surface area contributed by atoms with E-state index in [1.54, 1.807) is 28.6 Å². The van der Waals surface area contributed by atoms with Crippen LogP contribution in [0.4, 0.5) is 10.2 Å². The summed E-state index contributed by atoms with van der Waals surface area (Å²) < 4.78 is 14.9. The molecule has 1 saturated carbocycles. The normalized spacial score (nSPS) is 21.2. The number of rotatable bonds is 3. The molecule has 2 atom stereocenters. The van der Waals surface area contributed by atoms with Gasteiger partial charge in [0.25, 0.3) is 0 Å². The SMILES string of the molecule is C[C@H]1CCCC[C@H]1NC(=O)C(=O)Nc1c2c(nn1-c1ccc(F)cc1)CSC2. The second-order valence-corrected chi connectivity index (χ2v) is 8.44. The Morgan fingerprint density at radius 2 is 1.89 bits per heavy atom. The zero-order valence-corrected chi connectivity index (χ0v) is 16.5. The summed E-state index contributed by atoms with van der Waals surface area (Å²) in [5.41, 5.74) is 2.44. The van der Waals surface area contributed by atoms with E-state index in [9.17, 15) is 14.0 Å². The van der Waals surface area contributed by atoms with Crippen LogP contribution in [0.2, 0.25) is 0 Å². The quantitative estimate of drug-likeness (QED) is 0.772. The van der Waals surface area contributed by atoms with E-state index < -0.39 is 11.8 Å². The minimum Gasteiger partial charge on any atom is -0.345 e. The lowest BCUT2D eigenvalue weighted by molar-refractivity contribution is -0.137. The summed E-state index contributed by atoms with van der Waals surface area (Å²) in [5.74, 6) is 0.668. The molecule has 0 spiro atoms. The van der Waals surface area contributed by atoms with Gasteiger partial charge in [0.05, 0.1) is 11.4 Å². The molecular weight excluding hydrogens is 379 g/mol. The first-order valence-corrected chi connectivity index (χ1v) is 10.7. The number of hydrogen-bond acceptors (Lipinski definition) is 4. The van der Waals surface area contributed by atoms with Crippen LogP contribution < -0.4 is 10.6 Å². The molecule has 1 aliphatic heterocycles. The van der Waals surface area contributed by atoms with Crippen molar-refractivity contribution in [1.29, 1.82) is 0 Å². The van der Waals surface area contributed by atoms with Gasteiger partial charge in [-0.2, -0.15) is 16.9 Å². The molecule has 148 valence electrons. The standard InChI is InChI=1S/C20H23FN4O2S/c1-12-4-2-3-5-16(12)22-19(26)20(27)23-18-15-10-28-11-17(15)24-25(18)14-8-6-13(21)7-9-14/h6-9,12,16H,2-5,10-11H2,1H3,(H,22,26)(H,23,27)/t12-,16+/m0/s1. The Hall–Kier alpha value is -2.35. The largest absolute Gasteiger partial charge is 0.345 e. The number of benzene rings is 1. The highest BCUT2D eigenvalue weighted by Crippen LogP contribution is 2.36. The summed E-state index contributed by atoms with van der Waals surface area (Å²) in [4.78, 5) is 25.1. The molecule has 1 fully saturated rings. The second-order valence-electron chi connectivity index (χ2n) is 7.45. The van der Waals surface area contributed by atoms with Crippen LogP contribution in [0.3, 0.4) is 0 Å². The number of hydrogen-bond donors (Lipinski definition) is 2. The zero-order chi connectivity index (χ0) is 19.7. The molecule has 0 saturated heterocycles. The lowest BCUT2D eigenvalue weighted by atomic mass is 9.86. The highest BCUT2D eigenvalue weighted by molar-refractivity contribution is 7.98. The highest BCUT2D eigenvalue weighted by atomic mass is 32.2. The monoisotopic (exact) mass is 402 g/mol. The van der Waals surface area contributed by atoms with Crippen molar-refractivity contribution in [1.82, 2.24) is 15.1 Å². The molecular formula is C20H23FN4O2S. The van der Waals surface area contributed by atoms with Gasteiger partial charge in [-0.3, -0.25) is 9.59 Å². The molecule has 2 N–H and O–H groups in total. The maximum atomic E-state index is 13.3. The number of halogens is 1. The van der Waals surface area contributed by atoms with Crippen LogP contribution >= 0.6 is 11.8 Å².